The second-order valence-corrected chi connectivity index (χ2v) is 8.14. The van der Waals surface area contributed by atoms with E-state index in [4.69, 9.17) is 11.6 Å². The largest absolute Gasteiger partial charge is 0.264 e. The van der Waals surface area contributed by atoms with E-state index in [0.29, 0.717) is 0 Å². The topological polar surface area (TPSA) is 12.9 Å². The molecule has 0 amide bonds. The van der Waals surface area contributed by atoms with Crippen LogP contribution in [0.2, 0.25) is 5.02 Å². The maximum absolute atomic E-state index is 6.88. The van der Waals surface area contributed by atoms with E-state index in [1.54, 1.807) is 0 Å². The van der Waals surface area contributed by atoms with E-state index in [1.807, 2.05) is 24.5 Å². The summed E-state index contributed by atoms with van der Waals surface area (Å²) in [5.41, 5.74) is 6.71. The molecule has 1 heterocycles. The second kappa shape index (κ2) is 6.55. The van der Waals surface area contributed by atoms with Crippen LogP contribution in [0.15, 0.2) is 109 Å². The predicted octanol–water partition coefficient (Wildman–Crippen LogP) is 7.25. The zero-order chi connectivity index (χ0) is 20.1. The van der Waals surface area contributed by atoms with Gasteiger partial charge in [-0.05, 0) is 50.7 Å². The molecule has 0 fully saturated rings. The Morgan fingerprint density at radius 3 is 2.20 bits per heavy atom. The minimum Gasteiger partial charge on any atom is -0.264 e. The molecule has 0 N–H and O–H groups in total. The third kappa shape index (κ3) is 2.21. The molecule has 1 aliphatic carbocycles. The van der Waals surface area contributed by atoms with Crippen molar-refractivity contribution in [1.82, 2.24) is 4.98 Å². The van der Waals surface area contributed by atoms with Gasteiger partial charge in [-0.2, -0.15) is 0 Å². The lowest BCUT2D eigenvalue weighted by atomic mass is 9.68. The van der Waals surface area contributed by atoms with Gasteiger partial charge in [0.25, 0.3) is 0 Å². The van der Waals surface area contributed by atoms with Crippen LogP contribution in [0, 0.1) is 0 Å². The van der Waals surface area contributed by atoms with Gasteiger partial charge in [-0.15, -0.1) is 0 Å². The molecule has 6 rings (SSSR count). The minimum atomic E-state index is -0.463. The van der Waals surface area contributed by atoms with Crippen LogP contribution in [0.1, 0.15) is 22.3 Å². The Bertz CT molecular complexity index is 1350. The number of nitrogens with zero attached hydrogens (tertiary/aromatic N) is 1. The fraction of sp³-hybridized carbons (Fsp3) is 0.0357. The maximum atomic E-state index is 6.88. The Kier molecular flexibility index (Phi) is 3.81. The maximum Gasteiger partial charge on any atom is 0.0729 e. The lowest BCUT2D eigenvalue weighted by molar-refractivity contribution is 0.763. The molecule has 0 spiro atoms. The van der Waals surface area contributed by atoms with E-state index in [9.17, 15) is 0 Å². The molecule has 0 saturated carbocycles. The summed E-state index contributed by atoms with van der Waals surface area (Å²) in [5, 5.41) is 3.23. The Hall–Kier alpha value is -3.42. The highest BCUT2D eigenvalue weighted by Crippen LogP contribution is 2.59. The summed E-state index contributed by atoms with van der Waals surface area (Å²) in [4.78, 5) is 4.50. The summed E-state index contributed by atoms with van der Waals surface area (Å²) < 4.78 is 0. The van der Waals surface area contributed by atoms with E-state index in [2.05, 4.69) is 89.9 Å². The monoisotopic (exact) mass is 403 g/mol. The summed E-state index contributed by atoms with van der Waals surface area (Å²) in [5.74, 6) is 0. The molecule has 2 heteroatoms. The first kappa shape index (κ1) is 17.4. The van der Waals surface area contributed by atoms with Crippen LogP contribution in [0.5, 0.6) is 0 Å². The van der Waals surface area contributed by atoms with Crippen LogP contribution >= 0.6 is 11.6 Å². The van der Waals surface area contributed by atoms with Crippen molar-refractivity contribution in [2.45, 2.75) is 5.41 Å². The summed E-state index contributed by atoms with van der Waals surface area (Å²) in [6.45, 7) is 0. The average Bonchev–Trinajstić information content (AvgIpc) is 3.13. The molecule has 1 aliphatic rings. The summed E-state index contributed by atoms with van der Waals surface area (Å²) in [7, 11) is 0. The highest BCUT2D eigenvalue weighted by molar-refractivity contribution is 6.34. The fourth-order valence-corrected chi connectivity index (χ4v) is 5.42. The number of hydrogen-bond acceptors (Lipinski definition) is 1. The van der Waals surface area contributed by atoms with Gasteiger partial charge in [0.1, 0.15) is 0 Å². The Morgan fingerprint density at radius 2 is 1.37 bits per heavy atom. The van der Waals surface area contributed by atoms with Crippen molar-refractivity contribution in [3.05, 3.63) is 137 Å². The van der Waals surface area contributed by atoms with E-state index in [-0.39, 0.29) is 0 Å². The van der Waals surface area contributed by atoms with E-state index in [0.717, 1.165) is 16.1 Å². The van der Waals surface area contributed by atoms with Crippen LogP contribution in [-0.4, -0.2) is 4.98 Å². The van der Waals surface area contributed by atoms with Crippen LogP contribution in [0.3, 0.4) is 0 Å². The standard InChI is InChI=1S/C28H18ClN/c29-25-14-6-13-23-27(25)26-22-12-5-4-8-19(22)15-16-24(26)28(23,20-9-2-1-3-10-20)21-11-7-17-30-18-21/h1-18H. The van der Waals surface area contributed by atoms with Crippen LogP contribution in [-0.2, 0) is 5.41 Å². The molecule has 5 aromatic rings. The molecule has 1 aromatic heterocycles. The lowest BCUT2D eigenvalue weighted by Crippen LogP contribution is -2.28. The third-order valence-corrected chi connectivity index (χ3v) is 6.62. The Balaban J connectivity index is 1.88. The predicted molar refractivity (Wildman–Crippen MR) is 124 cm³/mol. The van der Waals surface area contributed by atoms with Gasteiger partial charge in [0.05, 0.1) is 5.41 Å². The highest BCUT2D eigenvalue weighted by Gasteiger charge is 2.47. The number of halogens is 1. The SMILES string of the molecule is Clc1cccc2c1-c1c(ccc3ccccc13)C2(c1ccccc1)c1cccnc1. The molecule has 0 radical (unpaired) electrons. The van der Waals surface area contributed by atoms with E-state index < -0.39 is 5.41 Å². The zero-order valence-corrected chi connectivity index (χ0v) is 17.0. The van der Waals surface area contributed by atoms with Crippen molar-refractivity contribution in [3.8, 4) is 11.1 Å². The molecule has 1 unspecified atom stereocenters. The van der Waals surface area contributed by atoms with E-state index in [1.165, 1.54) is 33.0 Å². The molecule has 142 valence electrons. The molecule has 0 saturated heterocycles. The molecule has 30 heavy (non-hydrogen) atoms. The van der Waals surface area contributed by atoms with Crippen LogP contribution in [0.4, 0.5) is 0 Å². The van der Waals surface area contributed by atoms with Crippen molar-refractivity contribution in [2.24, 2.45) is 0 Å². The number of hydrogen-bond donors (Lipinski definition) is 0. The quantitative estimate of drug-likeness (QED) is 0.296. The second-order valence-electron chi connectivity index (χ2n) is 7.73. The van der Waals surface area contributed by atoms with E-state index >= 15 is 0 Å². The molecule has 1 nitrogen and oxygen atoms in total. The number of fused-ring (bicyclic) bond motifs is 5. The average molecular weight is 404 g/mol. The summed E-state index contributed by atoms with van der Waals surface area (Å²) in [6.07, 6.45) is 3.82. The minimum absolute atomic E-state index is 0.463. The van der Waals surface area contributed by atoms with Gasteiger partial charge in [-0.1, -0.05) is 96.5 Å². The summed E-state index contributed by atoms with van der Waals surface area (Å²) >= 11 is 6.88. The first-order chi connectivity index (χ1) is 14.8. The van der Waals surface area contributed by atoms with Crippen molar-refractivity contribution in [1.29, 1.82) is 0 Å². The normalized spacial score (nSPS) is 17.0. The van der Waals surface area contributed by atoms with Crippen molar-refractivity contribution >= 4 is 22.4 Å². The van der Waals surface area contributed by atoms with Crippen molar-refractivity contribution in [2.75, 3.05) is 0 Å². The van der Waals surface area contributed by atoms with Gasteiger partial charge in [0, 0.05) is 23.0 Å². The fourth-order valence-electron chi connectivity index (χ4n) is 5.15. The van der Waals surface area contributed by atoms with Gasteiger partial charge in [-0.3, -0.25) is 4.98 Å². The van der Waals surface area contributed by atoms with Gasteiger partial charge in [-0.25, -0.2) is 0 Å². The lowest BCUT2D eigenvalue weighted by Gasteiger charge is -2.33. The molecule has 0 bridgehead atoms. The molecule has 0 aliphatic heterocycles. The molecule has 1 atom stereocenters. The Labute approximate surface area is 180 Å². The molecule has 4 aromatic carbocycles. The first-order valence-corrected chi connectivity index (χ1v) is 10.5. The van der Waals surface area contributed by atoms with Crippen molar-refractivity contribution in [3.63, 3.8) is 0 Å². The first-order valence-electron chi connectivity index (χ1n) is 10.1. The third-order valence-electron chi connectivity index (χ3n) is 6.30. The number of aromatic nitrogens is 1. The number of benzene rings is 4. The van der Waals surface area contributed by atoms with Crippen LogP contribution < -0.4 is 0 Å². The molecular formula is C28H18ClN. The van der Waals surface area contributed by atoms with Gasteiger partial charge < -0.3 is 0 Å². The number of pyridine rings is 1. The van der Waals surface area contributed by atoms with Gasteiger partial charge >= 0.3 is 0 Å². The van der Waals surface area contributed by atoms with Crippen LogP contribution in [0.25, 0.3) is 21.9 Å². The highest BCUT2D eigenvalue weighted by atomic mass is 35.5. The Morgan fingerprint density at radius 1 is 0.600 bits per heavy atom. The smallest absolute Gasteiger partial charge is 0.0729 e. The van der Waals surface area contributed by atoms with Gasteiger partial charge in [0.2, 0.25) is 0 Å². The number of rotatable bonds is 2. The summed E-state index contributed by atoms with van der Waals surface area (Å²) in [6, 6.07) is 34.2. The van der Waals surface area contributed by atoms with Gasteiger partial charge in [0.15, 0.2) is 0 Å². The molecular weight excluding hydrogens is 386 g/mol. The van der Waals surface area contributed by atoms with Crippen molar-refractivity contribution < 1.29 is 0 Å². The zero-order valence-electron chi connectivity index (χ0n) is 16.2.